The van der Waals surface area contributed by atoms with Gasteiger partial charge < -0.3 is 19.9 Å². The van der Waals surface area contributed by atoms with Gasteiger partial charge in [-0.3, -0.25) is 4.79 Å². The van der Waals surface area contributed by atoms with Crippen molar-refractivity contribution in [2.24, 2.45) is 0 Å². The fraction of sp³-hybridized carbons (Fsp3) is 0.130. The maximum absolute atomic E-state index is 12.4. The molecule has 3 heterocycles. The number of urea groups is 1. The average Bonchev–Trinajstić information content (AvgIpc) is 3.40. The predicted octanol–water partition coefficient (Wildman–Crippen LogP) is 5.15. The standard InChI is InChI=1S/C23H19N5O4S2/c1-13-9-20-24-15(11-21(29)28(20)32-13)12-33-23-27-17-8-7-14(10-19(17)34-23)25-22(30)26-16-5-3-4-6-18(16)31-2/h3-11H,12H2,1-2H3,(H2,25,26,30). The van der Waals surface area contributed by atoms with Crippen LogP contribution in [0.15, 0.2) is 68.3 Å². The number of amides is 2. The molecule has 0 saturated carbocycles. The van der Waals surface area contributed by atoms with Crippen molar-refractivity contribution in [2.45, 2.75) is 17.0 Å². The second kappa shape index (κ2) is 9.20. The Kier molecular flexibility index (Phi) is 5.95. The molecule has 2 amide bonds. The lowest BCUT2D eigenvalue weighted by molar-refractivity contribution is 0.262. The van der Waals surface area contributed by atoms with Gasteiger partial charge in [-0.15, -0.1) is 15.9 Å². The van der Waals surface area contributed by atoms with Crippen LogP contribution in [0.2, 0.25) is 0 Å². The highest BCUT2D eigenvalue weighted by Gasteiger charge is 2.11. The number of nitrogens with one attached hydrogen (secondary N) is 2. The van der Waals surface area contributed by atoms with Crippen LogP contribution in [0.1, 0.15) is 11.5 Å². The van der Waals surface area contributed by atoms with Crippen LogP contribution in [0, 0.1) is 6.92 Å². The summed E-state index contributed by atoms with van der Waals surface area (Å²) in [5.41, 5.74) is 2.96. The number of rotatable bonds is 6. The Bertz CT molecular complexity index is 1570. The van der Waals surface area contributed by atoms with E-state index in [9.17, 15) is 9.59 Å². The van der Waals surface area contributed by atoms with Crippen LogP contribution in [-0.2, 0) is 5.75 Å². The van der Waals surface area contributed by atoms with Gasteiger partial charge in [0.2, 0.25) is 0 Å². The number of para-hydroxylation sites is 2. The van der Waals surface area contributed by atoms with Crippen molar-refractivity contribution in [3.63, 3.8) is 0 Å². The van der Waals surface area contributed by atoms with Crippen molar-refractivity contribution in [2.75, 3.05) is 17.7 Å². The minimum absolute atomic E-state index is 0.250. The van der Waals surface area contributed by atoms with E-state index in [1.165, 1.54) is 33.7 Å². The van der Waals surface area contributed by atoms with Crippen LogP contribution in [-0.4, -0.2) is 27.7 Å². The summed E-state index contributed by atoms with van der Waals surface area (Å²) in [6.07, 6.45) is 0. The second-order valence-corrected chi connectivity index (χ2v) is 9.57. The topological polar surface area (TPSA) is 111 Å². The summed E-state index contributed by atoms with van der Waals surface area (Å²) in [5, 5.41) is 5.62. The molecule has 0 atom stereocenters. The van der Waals surface area contributed by atoms with Crippen LogP contribution in [0.5, 0.6) is 5.75 Å². The molecule has 0 aliphatic carbocycles. The molecule has 0 unspecified atom stereocenters. The maximum atomic E-state index is 12.4. The minimum Gasteiger partial charge on any atom is -0.495 e. The number of aromatic nitrogens is 3. The first-order valence-electron chi connectivity index (χ1n) is 10.2. The highest BCUT2D eigenvalue weighted by molar-refractivity contribution is 8.00. The Labute approximate surface area is 201 Å². The van der Waals surface area contributed by atoms with Crippen LogP contribution in [0.25, 0.3) is 15.9 Å². The predicted molar refractivity (Wildman–Crippen MR) is 133 cm³/mol. The number of hydrogen-bond acceptors (Lipinski definition) is 8. The summed E-state index contributed by atoms with van der Waals surface area (Å²) in [6, 6.07) is 15.6. The van der Waals surface area contributed by atoms with E-state index in [2.05, 4.69) is 20.6 Å². The van der Waals surface area contributed by atoms with E-state index >= 15 is 0 Å². The van der Waals surface area contributed by atoms with Gasteiger partial charge in [0.15, 0.2) is 9.99 Å². The van der Waals surface area contributed by atoms with E-state index < -0.39 is 0 Å². The number of aryl methyl sites for hydroxylation is 1. The summed E-state index contributed by atoms with van der Waals surface area (Å²) in [5.74, 6) is 1.71. The molecule has 0 radical (unpaired) electrons. The molecule has 172 valence electrons. The number of thiazole rings is 1. The van der Waals surface area contributed by atoms with Crippen molar-refractivity contribution in [3.05, 3.63) is 76.4 Å². The molecule has 3 aromatic heterocycles. The normalized spacial score (nSPS) is 11.1. The lowest BCUT2D eigenvalue weighted by atomic mass is 10.3. The van der Waals surface area contributed by atoms with Crippen LogP contribution < -0.4 is 20.9 Å². The zero-order chi connectivity index (χ0) is 23.7. The molecule has 0 bridgehead atoms. The lowest BCUT2D eigenvalue weighted by Crippen LogP contribution is -2.19. The number of carbonyl (C=O) groups excluding carboxylic acids is 1. The van der Waals surface area contributed by atoms with Gasteiger partial charge in [-0.05, 0) is 37.3 Å². The summed E-state index contributed by atoms with van der Waals surface area (Å²) in [6.45, 7) is 1.77. The van der Waals surface area contributed by atoms with Crippen molar-refractivity contribution in [3.8, 4) is 5.75 Å². The molecule has 2 N–H and O–H groups in total. The summed E-state index contributed by atoms with van der Waals surface area (Å²) >= 11 is 3.01. The van der Waals surface area contributed by atoms with Crippen molar-refractivity contribution in [1.29, 1.82) is 0 Å². The molecular formula is C23H19N5O4S2. The molecule has 34 heavy (non-hydrogen) atoms. The molecule has 0 spiro atoms. The van der Waals surface area contributed by atoms with E-state index in [0.717, 1.165) is 14.6 Å². The third-order valence-electron chi connectivity index (χ3n) is 4.85. The van der Waals surface area contributed by atoms with Gasteiger partial charge in [0.25, 0.3) is 5.56 Å². The SMILES string of the molecule is COc1ccccc1NC(=O)Nc1ccc2nc(SCc3cc(=O)n4oc(C)cc4n3)sc2c1. The number of nitrogens with zero attached hydrogens (tertiary/aromatic N) is 3. The van der Waals surface area contributed by atoms with Gasteiger partial charge in [0.1, 0.15) is 11.5 Å². The third-order valence-corrected chi connectivity index (χ3v) is 7.04. The Hall–Kier alpha value is -3.83. The number of fused-ring (bicyclic) bond motifs is 2. The van der Waals surface area contributed by atoms with E-state index in [1.807, 2.05) is 24.3 Å². The van der Waals surface area contributed by atoms with Crippen molar-refractivity contribution >= 4 is 56.4 Å². The quantitative estimate of drug-likeness (QED) is 0.315. The third kappa shape index (κ3) is 4.61. The van der Waals surface area contributed by atoms with Crippen LogP contribution in [0.4, 0.5) is 16.2 Å². The van der Waals surface area contributed by atoms with Crippen molar-refractivity contribution < 1.29 is 14.1 Å². The Morgan fingerprint density at radius 2 is 2.00 bits per heavy atom. The number of anilines is 2. The van der Waals surface area contributed by atoms with E-state index in [-0.39, 0.29) is 11.6 Å². The van der Waals surface area contributed by atoms with E-state index in [0.29, 0.717) is 40.0 Å². The second-order valence-electron chi connectivity index (χ2n) is 7.31. The first-order valence-corrected chi connectivity index (χ1v) is 12.0. The Morgan fingerprint density at radius 1 is 1.15 bits per heavy atom. The number of ether oxygens (including phenoxy) is 1. The monoisotopic (exact) mass is 493 g/mol. The lowest BCUT2D eigenvalue weighted by Gasteiger charge is -2.10. The molecular weight excluding hydrogens is 474 g/mol. The van der Waals surface area contributed by atoms with E-state index in [1.54, 1.807) is 38.3 Å². The largest absolute Gasteiger partial charge is 0.495 e. The summed E-state index contributed by atoms with van der Waals surface area (Å²) < 4.78 is 13.5. The maximum Gasteiger partial charge on any atom is 0.323 e. The minimum atomic E-state index is -0.370. The molecule has 0 aliphatic rings. The number of carbonyl (C=O) groups is 1. The van der Waals surface area contributed by atoms with Crippen molar-refractivity contribution in [1.82, 2.24) is 14.5 Å². The molecule has 9 nitrogen and oxygen atoms in total. The smallest absolute Gasteiger partial charge is 0.323 e. The fourth-order valence-electron chi connectivity index (χ4n) is 3.36. The Morgan fingerprint density at radius 3 is 2.85 bits per heavy atom. The zero-order valence-corrected chi connectivity index (χ0v) is 19.8. The van der Waals surface area contributed by atoms with Gasteiger partial charge in [-0.2, -0.15) is 0 Å². The summed E-state index contributed by atoms with van der Waals surface area (Å²) in [7, 11) is 1.55. The molecule has 0 aliphatic heterocycles. The average molecular weight is 494 g/mol. The highest BCUT2D eigenvalue weighted by atomic mass is 32.2. The van der Waals surface area contributed by atoms with Gasteiger partial charge in [-0.1, -0.05) is 23.9 Å². The number of thioether (sulfide) groups is 1. The fourth-order valence-corrected chi connectivity index (χ4v) is 5.36. The van der Waals surface area contributed by atoms with Gasteiger partial charge in [0, 0.05) is 23.6 Å². The van der Waals surface area contributed by atoms with E-state index in [4.69, 9.17) is 9.26 Å². The van der Waals surface area contributed by atoms with Gasteiger partial charge in [0.05, 0.1) is 28.7 Å². The first-order chi connectivity index (χ1) is 16.5. The molecule has 0 fully saturated rings. The summed E-state index contributed by atoms with van der Waals surface area (Å²) in [4.78, 5) is 33.8. The molecule has 2 aromatic carbocycles. The molecule has 5 rings (SSSR count). The Balaban J connectivity index is 1.27. The number of methoxy groups -OCH3 is 1. The molecule has 0 saturated heterocycles. The molecule has 11 heteroatoms. The highest BCUT2D eigenvalue weighted by Crippen LogP contribution is 2.33. The number of benzene rings is 2. The first kappa shape index (κ1) is 22.0. The van der Waals surface area contributed by atoms with Gasteiger partial charge >= 0.3 is 6.03 Å². The van der Waals surface area contributed by atoms with Crippen LogP contribution >= 0.6 is 23.1 Å². The number of hydrogen-bond donors (Lipinski definition) is 2. The molecule has 5 aromatic rings. The van der Waals surface area contributed by atoms with Crippen LogP contribution in [0.3, 0.4) is 0 Å². The zero-order valence-electron chi connectivity index (χ0n) is 18.2. The van der Waals surface area contributed by atoms with Gasteiger partial charge in [-0.25, -0.2) is 14.8 Å².